The molecule has 27 heavy (non-hydrogen) atoms. The zero-order valence-electron chi connectivity index (χ0n) is 14.4. The molecule has 2 N–H and O–H groups in total. The third-order valence-corrected chi connectivity index (χ3v) is 4.95. The Bertz CT molecular complexity index is 954. The van der Waals surface area contributed by atoms with Crippen molar-refractivity contribution in [1.82, 2.24) is 0 Å². The van der Waals surface area contributed by atoms with Crippen LogP contribution in [0.25, 0.3) is 22.3 Å². The van der Waals surface area contributed by atoms with Crippen LogP contribution in [0.2, 0.25) is 0 Å². The maximum absolute atomic E-state index is 11.8. The predicted octanol–water partition coefficient (Wildman–Crippen LogP) is 4.95. The average molecular weight is 418 g/mol. The predicted molar refractivity (Wildman–Crippen MR) is 107 cm³/mol. The summed E-state index contributed by atoms with van der Waals surface area (Å²) in [5, 5.41) is 0.0764. The van der Waals surface area contributed by atoms with Gasteiger partial charge in [-0.05, 0) is 5.30 Å². The first-order valence-corrected chi connectivity index (χ1v) is 9.82. The Morgan fingerprint density at radius 3 is 1.59 bits per heavy atom. The van der Waals surface area contributed by atoms with Crippen LogP contribution in [-0.4, -0.2) is 9.79 Å². The molecule has 0 bridgehead atoms. The molecule has 0 heterocycles. The minimum Gasteiger partial charge on any atom is -0.748 e. The van der Waals surface area contributed by atoms with Crippen LogP contribution < -0.4 is 5.30 Å². The van der Waals surface area contributed by atoms with Gasteiger partial charge in [-0.2, -0.15) is 6.07 Å². The van der Waals surface area contributed by atoms with Gasteiger partial charge in [0.15, 0.2) is 0 Å². The first-order chi connectivity index (χ1) is 12.6. The van der Waals surface area contributed by atoms with Gasteiger partial charge in [0.1, 0.15) is 0 Å². The molecule has 144 valence electrons. The van der Waals surface area contributed by atoms with Gasteiger partial charge in [0, 0.05) is 17.1 Å². The fraction of sp³-hybridized carbons (Fsp3) is 0. The largest absolute Gasteiger partial charge is 0.748 e. The molecule has 0 saturated heterocycles. The van der Waals surface area contributed by atoms with E-state index in [0.717, 1.165) is 16.7 Å². The summed E-state index contributed by atoms with van der Waals surface area (Å²) in [4.78, 5) is 19.2. The number of rotatable bonds is 3. The van der Waals surface area contributed by atoms with E-state index >= 15 is 0 Å². The molecule has 0 aliphatic heterocycles. The quantitative estimate of drug-likeness (QED) is 0.281. The second-order valence-corrected chi connectivity index (χ2v) is 7.32. The summed E-state index contributed by atoms with van der Waals surface area (Å²) in [6.45, 7) is 0. The molecule has 0 saturated carbocycles. The van der Waals surface area contributed by atoms with Crippen LogP contribution in [0.3, 0.4) is 0 Å². The zero-order valence-corrected chi connectivity index (χ0v) is 16.4. The summed E-state index contributed by atoms with van der Waals surface area (Å²) in [5.74, 6) is 0. The Morgan fingerprint density at radius 1 is 0.704 bits per heavy atom. The Labute approximate surface area is 169 Å². The van der Waals surface area contributed by atoms with Gasteiger partial charge in [0.25, 0.3) is 0 Å². The fourth-order valence-electron chi connectivity index (χ4n) is 2.80. The first-order valence-electron chi connectivity index (χ1n) is 8.20. The molecule has 0 fully saturated rings. The summed E-state index contributed by atoms with van der Waals surface area (Å²) in [5.41, 5.74) is 3.19. The smallest absolute Gasteiger partial charge is 0.316 e. The molecule has 0 atom stereocenters. The van der Waals surface area contributed by atoms with Crippen LogP contribution in [0.5, 0.6) is 0 Å². The molecule has 0 aliphatic carbocycles. The third kappa shape index (κ3) is 5.40. The van der Waals surface area contributed by atoms with Crippen LogP contribution in [0.4, 0.5) is 0 Å². The monoisotopic (exact) mass is 418 g/mol. The van der Waals surface area contributed by atoms with Gasteiger partial charge in [-0.25, -0.2) is 0 Å². The Balaban J connectivity index is 0.000000379. The van der Waals surface area contributed by atoms with Crippen molar-refractivity contribution < 1.29 is 31.4 Å². The first kappa shape index (κ1) is 21.1. The molecule has 0 amide bonds. The standard InChI is InChI=1S/C17H14O3P.C5H5.Fe/c18-21(19,20)16-12-11-15(13-7-3-1-4-8-13)17(16)14-9-5-2-6-10-14;1-2-4-5-3-1;/h1-12H,(H2,18,19,20);1-5H;/q-1;-5;. The topological polar surface area (TPSA) is 57.5 Å². The zero-order chi connectivity index (χ0) is 18.4. The van der Waals surface area contributed by atoms with E-state index in [1.54, 1.807) is 6.07 Å². The molecular formula is C22H19FeO3P-6. The van der Waals surface area contributed by atoms with Crippen molar-refractivity contribution in [3.63, 3.8) is 0 Å². The van der Waals surface area contributed by atoms with E-state index < -0.39 is 7.60 Å². The van der Waals surface area contributed by atoms with Crippen molar-refractivity contribution in [2.24, 2.45) is 0 Å². The Hall–Kier alpha value is -2.19. The van der Waals surface area contributed by atoms with Gasteiger partial charge in [-0.15, -0.1) is 17.2 Å². The summed E-state index contributed by atoms with van der Waals surface area (Å²) in [7, 11) is -4.32. The fourth-order valence-corrected chi connectivity index (χ4v) is 3.61. The molecule has 3 nitrogen and oxygen atoms in total. The minimum atomic E-state index is -4.32. The van der Waals surface area contributed by atoms with Gasteiger partial charge in [0.2, 0.25) is 0 Å². The summed E-state index contributed by atoms with van der Waals surface area (Å²) in [6, 6.07) is 32.2. The van der Waals surface area contributed by atoms with Gasteiger partial charge in [-0.1, -0.05) is 71.8 Å². The Kier molecular flexibility index (Phi) is 7.55. The molecule has 0 radical (unpaired) electrons. The van der Waals surface area contributed by atoms with Gasteiger partial charge >= 0.3 is 7.60 Å². The van der Waals surface area contributed by atoms with Crippen molar-refractivity contribution in [3.05, 3.63) is 103 Å². The van der Waals surface area contributed by atoms with E-state index in [2.05, 4.69) is 0 Å². The van der Waals surface area contributed by atoms with Crippen LogP contribution in [-0.2, 0) is 21.6 Å². The molecule has 0 aromatic heterocycles. The van der Waals surface area contributed by atoms with Crippen molar-refractivity contribution in [3.8, 4) is 22.3 Å². The SMILES string of the molecule is O=P(O)(O)[c-]1ccc(-c2ccccc2)c1-c1ccccc1.[Fe].[cH-]1[cH-][cH-][cH-][cH-]1. The summed E-state index contributed by atoms with van der Waals surface area (Å²) >= 11 is 0. The normalized spacial score (nSPS) is 10.4. The molecule has 4 rings (SSSR count). The average Bonchev–Trinajstić information content (AvgIpc) is 3.36. The maximum atomic E-state index is 11.8. The van der Waals surface area contributed by atoms with E-state index in [4.69, 9.17) is 0 Å². The molecule has 0 unspecified atom stereocenters. The van der Waals surface area contributed by atoms with Crippen molar-refractivity contribution in [2.75, 3.05) is 0 Å². The summed E-state index contributed by atoms with van der Waals surface area (Å²) in [6.07, 6.45) is 0. The molecule has 5 heteroatoms. The molecule has 4 aromatic rings. The molecule has 4 aromatic carbocycles. The number of benzene rings is 2. The van der Waals surface area contributed by atoms with Crippen LogP contribution >= 0.6 is 7.60 Å². The van der Waals surface area contributed by atoms with E-state index in [0.29, 0.717) is 5.56 Å². The van der Waals surface area contributed by atoms with Crippen molar-refractivity contribution >= 4 is 12.9 Å². The molecular weight excluding hydrogens is 399 g/mol. The van der Waals surface area contributed by atoms with E-state index in [9.17, 15) is 14.4 Å². The van der Waals surface area contributed by atoms with E-state index in [1.165, 1.54) is 6.07 Å². The molecule has 0 aliphatic rings. The number of hydrogen-bond donors (Lipinski definition) is 2. The van der Waals surface area contributed by atoms with Crippen molar-refractivity contribution in [2.45, 2.75) is 0 Å². The minimum absolute atomic E-state index is 0. The van der Waals surface area contributed by atoms with Crippen LogP contribution in [0.15, 0.2) is 103 Å². The third-order valence-electron chi connectivity index (χ3n) is 3.95. The van der Waals surface area contributed by atoms with Gasteiger partial charge in [-0.3, -0.25) is 4.57 Å². The second-order valence-electron chi connectivity index (χ2n) is 5.75. The van der Waals surface area contributed by atoms with Crippen molar-refractivity contribution in [1.29, 1.82) is 0 Å². The maximum Gasteiger partial charge on any atom is 0.316 e. The molecule has 0 spiro atoms. The number of hydrogen-bond acceptors (Lipinski definition) is 1. The van der Waals surface area contributed by atoms with E-state index in [-0.39, 0.29) is 22.4 Å². The van der Waals surface area contributed by atoms with Gasteiger partial charge in [0.05, 0.1) is 0 Å². The Morgan fingerprint density at radius 2 is 1.15 bits per heavy atom. The van der Waals surface area contributed by atoms with E-state index in [1.807, 2.05) is 91.0 Å². The van der Waals surface area contributed by atoms with Crippen LogP contribution in [0, 0.1) is 0 Å². The second kappa shape index (κ2) is 9.66. The summed E-state index contributed by atoms with van der Waals surface area (Å²) < 4.78 is 11.8. The van der Waals surface area contributed by atoms with Gasteiger partial charge < -0.3 is 40.1 Å². The van der Waals surface area contributed by atoms with Crippen LogP contribution in [0.1, 0.15) is 0 Å².